The average molecular weight is 256 g/mol. The van der Waals surface area contributed by atoms with E-state index >= 15 is 0 Å². The highest BCUT2D eigenvalue weighted by atomic mass is 35.5. The topological polar surface area (TPSA) is 37.8 Å². The van der Waals surface area contributed by atoms with Gasteiger partial charge < -0.3 is 5.32 Å². The van der Waals surface area contributed by atoms with E-state index in [2.05, 4.69) is 43.0 Å². The minimum atomic E-state index is 0.404. The smallest absolute Gasteiger partial charge is 0.137 e. The van der Waals surface area contributed by atoms with Crippen LogP contribution in [0.4, 0.5) is 5.82 Å². The quantitative estimate of drug-likeness (QED) is 0.783. The molecule has 0 saturated heterocycles. The third-order valence-electron chi connectivity index (χ3n) is 3.08. The molecule has 96 valence electrons. The van der Waals surface area contributed by atoms with E-state index in [1.165, 1.54) is 12.7 Å². The molecule has 0 aliphatic carbocycles. The minimum absolute atomic E-state index is 0.404. The van der Waals surface area contributed by atoms with Crippen molar-refractivity contribution >= 4 is 17.4 Å². The number of hydrogen-bond acceptors (Lipinski definition) is 3. The van der Waals surface area contributed by atoms with Crippen LogP contribution in [0.2, 0.25) is 5.15 Å². The van der Waals surface area contributed by atoms with Crippen LogP contribution in [-0.4, -0.2) is 16.0 Å². The molecule has 0 aliphatic heterocycles. The van der Waals surface area contributed by atoms with Crippen LogP contribution in [0.3, 0.4) is 0 Å². The average Bonchev–Trinajstić information content (AvgIpc) is 2.29. The SMILES string of the molecule is CCc1c(Cl)ncnc1NC(C)CC(C)CC. The summed E-state index contributed by atoms with van der Waals surface area (Å²) in [6, 6.07) is 0.404. The molecule has 0 fully saturated rings. The number of anilines is 1. The third kappa shape index (κ3) is 4.15. The predicted molar refractivity (Wildman–Crippen MR) is 73.6 cm³/mol. The van der Waals surface area contributed by atoms with Crippen molar-refractivity contribution in [3.63, 3.8) is 0 Å². The van der Waals surface area contributed by atoms with E-state index in [4.69, 9.17) is 11.6 Å². The highest BCUT2D eigenvalue weighted by Crippen LogP contribution is 2.22. The zero-order valence-corrected chi connectivity index (χ0v) is 11.9. The molecule has 0 amide bonds. The van der Waals surface area contributed by atoms with Gasteiger partial charge in [-0.05, 0) is 25.7 Å². The fourth-order valence-corrected chi connectivity index (χ4v) is 2.16. The first-order valence-corrected chi connectivity index (χ1v) is 6.72. The van der Waals surface area contributed by atoms with Gasteiger partial charge in [0.2, 0.25) is 0 Å². The Bertz CT molecular complexity index is 355. The van der Waals surface area contributed by atoms with Crippen LogP contribution in [0, 0.1) is 5.92 Å². The molecule has 0 radical (unpaired) electrons. The highest BCUT2D eigenvalue weighted by molar-refractivity contribution is 6.30. The Morgan fingerprint density at radius 3 is 2.59 bits per heavy atom. The molecule has 1 N–H and O–H groups in total. The van der Waals surface area contributed by atoms with Crippen molar-refractivity contribution in [2.75, 3.05) is 5.32 Å². The first-order chi connectivity index (χ1) is 8.08. The summed E-state index contributed by atoms with van der Waals surface area (Å²) in [5.74, 6) is 1.60. The van der Waals surface area contributed by atoms with Gasteiger partial charge in [-0.15, -0.1) is 0 Å². The summed E-state index contributed by atoms with van der Waals surface area (Å²) in [4.78, 5) is 8.29. The van der Waals surface area contributed by atoms with E-state index in [0.717, 1.165) is 30.1 Å². The summed E-state index contributed by atoms with van der Waals surface area (Å²) in [6.45, 7) is 8.74. The van der Waals surface area contributed by atoms with Gasteiger partial charge in [-0.3, -0.25) is 0 Å². The van der Waals surface area contributed by atoms with Crippen molar-refractivity contribution in [1.29, 1.82) is 0 Å². The third-order valence-corrected chi connectivity index (χ3v) is 3.41. The molecule has 0 aromatic carbocycles. The van der Waals surface area contributed by atoms with Crippen LogP contribution in [0.25, 0.3) is 0 Å². The van der Waals surface area contributed by atoms with Crippen LogP contribution in [0.1, 0.15) is 46.1 Å². The number of nitrogens with zero attached hydrogens (tertiary/aromatic N) is 2. The van der Waals surface area contributed by atoms with Gasteiger partial charge in [-0.1, -0.05) is 38.8 Å². The second kappa shape index (κ2) is 6.80. The molecule has 1 aromatic rings. The van der Waals surface area contributed by atoms with E-state index in [1.807, 2.05) is 0 Å². The van der Waals surface area contributed by atoms with Gasteiger partial charge in [0.1, 0.15) is 17.3 Å². The molecule has 4 heteroatoms. The van der Waals surface area contributed by atoms with Gasteiger partial charge in [-0.25, -0.2) is 9.97 Å². The van der Waals surface area contributed by atoms with E-state index in [-0.39, 0.29) is 0 Å². The number of aromatic nitrogens is 2. The Balaban J connectivity index is 2.71. The Hall–Kier alpha value is -0.830. The van der Waals surface area contributed by atoms with Crippen LogP contribution in [0.15, 0.2) is 6.33 Å². The lowest BCUT2D eigenvalue weighted by Crippen LogP contribution is -2.20. The second-order valence-electron chi connectivity index (χ2n) is 4.64. The molecule has 1 rings (SSSR count). The van der Waals surface area contributed by atoms with Crippen LogP contribution in [-0.2, 0) is 6.42 Å². The zero-order valence-electron chi connectivity index (χ0n) is 11.1. The van der Waals surface area contributed by atoms with E-state index < -0.39 is 0 Å². The lowest BCUT2D eigenvalue weighted by atomic mass is 10.0. The van der Waals surface area contributed by atoms with Crippen molar-refractivity contribution in [1.82, 2.24) is 9.97 Å². The fraction of sp³-hybridized carbons (Fsp3) is 0.692. The normalized spacial score (nSPS) is 14.4. The molecule has 17 heavy (non-hydrogen) atoms. The van der Waals surface area contributed by atoms with Gasteiger partial charge in [0, 0.05) is 11.6 Å². The summed E-state index contributed by atoms with van der Waals surface area (Å²) in [7, 11) is 0. The van der Waals surface area contributed by atoms with E-state index in [9.17, 15) is 0 Å². The van der Waals surface area contributed by atoms with E-state index in [1.54, 1.807) is 0 Å². The van der Waals surface area contributed by atoms with Crippen molar-refractivity contribution in [3.05, 3.63) is 17.0 Å². The van der Waals surface area contributed by atoms with Crippen molar-refractivity contribution in [3.8, 4) is 0 Å². The number of nitrogens with one attached hydrogen (secondary N) is 1. The first-order valence-electron chi connectivity index (χ1n) is 6.34. The molecule has 3 nitrogen and oxygen atoms in total. The summed E-state index contributed by atoms with van der Waals surface area (Å²) < 4.78 is 0. The summed E-state index contributed by atoms with van der Waals surface area (Å²) in [5, 5.41) is 3.99. The first kappa shape index (κ1) is 14.2. The Morgan fingerprint density at radius 1 is 1.29 bits per heavy atom. The number of halogens is 1. The van der Waals surface area contributed by atoms with Crippen molar-refractivity contribution < 1.29 is 0 Å². The van der Waals surface area contributed by atoms with Gasteiger partial charge in [-0.2, -0.15) is 0 Å². The maximum atomic E-state index is 6.05. The van der Waals surface area contributed by atoms with Gasteiger partial charge in [0.05, 0.1) is 0 Å². The van der Waals surface area contributed by atoms with Gasteiger partial charge >= 0.3 is 0 Å². The van der Waals surface area contributed by atoms with Crippen LogP contribution in [0.5, 0.6) is 0 Å². The molecular weight excluding hydrogens is 234 g/mol. The Labute approximate surface area is 109 Å². The molecule has 0 spiro atoms. The fourth-order valence-electron chi connectivity index (χ4n) is 1.89. The highest BCUT2D eigenvalue weighted by Gasteiger charge is 2.12. The molecule has 0 saturated carbocycles. The number of rotatable bonds is 6. The summed E-state index contributed by atoms with van der Waals surface area (Å²) in [6.07, 6.45) is 4.70. The summed E-state index contributed by atoms with van der Waals surface area (Å²) >= 11 is 6.05. The predicted octanol–water partition coefficient (Wildman–Crippen LogP) is 3.93. The number of hydrogen-bond donors (Lipinski definition) is 1. The molecule has 0 aliphatic rings. The Morgan fingerprint density at radius 2 is 2.00 bits per heavy atom. The molecule has 1 aromatic heterocycles. The molecule has 0 bridgehead atoms. The van der Waals surface area contributed by atoms with Crippen LogP contribution < -0.4 is 5.32 Å². The Kier molecular flexibility index (Phi) is 5.69. The second-order valence-corrected chi connectivity index (χ2v) is 5.00. The minimum Gasteiger partial charge on any atom is -0.367 e. The summed E-state index contributed by atoms with van der Waals surface area (Å²) in [5.41, 5.74) is 1.00. The van der Waals surface area contributed by atoms with Crippen molar-refractivity contribution in [2.45, 2.75) is 53.0 Å². The van der Waals surface area contributed by atoms with E-state index in [0.29, 0.717) is 11.2 Å². The maximum absolute atomic E-state index is 6.05. The van der Waals surface area contributed by atoms with Crippen LogP contribution >= 0.6 is 11.6 Å². The lowest BCUT2D eigenvalue weighted by molar-refractivity contribution is 0.483. The molecular formula is C13H22ClN3. The largest absolute Gasteiger partial charge is 0.367 e. The van der Waals surface area contributed by atoms with Gasteiger partial charge in [0.25, 0.3) is 0 Å². The molecule has 2 atom stereocenters. The standard InChI is InChI=1S/C13H22ClN3/c1-5-9(3)7-10(4)17-13-11(6-2)12(14)15-8-16-13/h8-10H,5-7H2,1-4H3,(H,15,16,17). The molecule has 2 unspecified atom stereocenters. The maximum Gasteiger partial charge on any atom is 0.137 e. The van der Waals surface area contributed by atoms with Crippen molar-refractivity contribution in [2.24, 2.45) is 5.92 Å². The van der Waals surface area contributed by atoms with Gasteiger partial charge in [0.15, 0.2) is 0 Å². The lowest BCUT2D eigenvalue weighted by Gasteiger charge is -2.19. The zero-order chi connectivity index (χ0) is 12.8. The molecule has 1 heterocycles. The monoisotopic (exact) mass is 255 g/mol.